The maximum atomic E-state index is 5.31. The van der Waals surface area contributed by atoms with Crippen molar-refractivity contribution in [2.45, 2.75) is 26.7 Å². The molecule has 0 amide bonds. The van der Waals surface area contributed by atoms with Crippen LogP contribution in [0.1, 0.15) is 26.7 Å². The summed E-state index contributed by atoms with van der Waals surface area (Å²) in [6.45, 7) is 8.76. The van der Waals surface area contributed by atoms with Gasteiger partial charge in [0.25, 0.3) is 0 Å². The van der Waals surface area contributed by atoms with Gasteiger partial charge < -0.3 is 10.1 Å². The van der Waals surface area contributed by atoms with Crippen LogP contribution in [-0.2, 0) is 4.74 Å². The van der Waals surface area contributed by atoms with Crippen LogP contribution in [0.25, 0.3) is 0 Å². The number of hydrogen-bond acceptors (Lipinski definition) is 2. The minimum absolute atomic E-state index is 0.768. The summed E-state index contributed by atoms with van der Waals surface area (Å²) in [6, 6.07) is 0. The zero-order chi connectivity index (χ0) is 8.81. The monoisotopic (exact) mass is 171 g/mol. The number of ether oxygens (including phenoxy) is 1. The van der Waals surface area contributed by atoms with Gasteiger partial charge in [-0.05, 0) is 37.8 Å². The molecule has 12 heavy (non-hydrogen) atoms. The average Bonchev–Trinajstić information content (AvgIpc) is 2.49. The minimum atomic E-state index is 0.768. The number of hydrogen-bond donors (Lipinski definition) is 1. The molecule has 1 heterocycles. The lowest BCUT2D eigenvalue weighted by atomic mass is 10.1. The molecule has 1 aliphatic heterocycles. The van der Waals surface area contributed by atoms with E-state index in [1.165, 1.54) is 12.8 Å². The van der Waals surface area contributed by atoms with Gasteiger partial charge in [-0.15, -0.1) is 0 Å². The zero-order valence-corrected chi connectivity index (χ0v) is 8.31. The molecule has 0 aromatic heterocycles. The lowest BCUT2D eigenvalue weighted by molar-refractivity contribution is 0.184. The minimum Gasteiger partial charge on any atom is -0.381 e. The maximum absolute atomic E-state index is 5.31. The Kier molecular flexibility index (Phi) is 4.62. The largest absolute Gasteiger partial charge is 0.381 e. The predicted molar refractivity (Wildman–Crippen MR) is 51.3 cm³/mol. The molecule has 0 aliphatic carbocycles. The van der Waals surface area contributed by atoms with E-state index >= 15 is 0 Å². The number of nitrogens with one attached hydrogen (secondary N) is 1. The van der Waals surface area contributed by atoms with E-state index in [1.54, 1.807) is 0 Å². The molecule has 2 nitrogen and oxygen atoms in total. The Labute approximate surface area is 75.7 Å². The molecule has 1 unspecified atom stereocenters. The Balaban J connectivity index is 1.88. The lowest BCUT2D eigenvalue weighted by Gasteiger charge is -2.09. The van der Waals surface area contributed by atoms with Gasteiger partial charge >= 0.3 is 0 Å². The highest BCUT2D eigenvalue weighted by atomic mass is 16.5. The molecular formula is C10H21NO. The van der Waals surface area contributed by atoms with Gasteiger partial charge in [0, 0.05) is 13.2 Å². The van der Waals surface area contributed by atoms with E-state index in [-0.39, 0.29) is 0 Å². The van der Waals surface area contributed by atoms with Crippen molar-refractivity contribution in [3.8, 4) is 0 Å². The molecule has 0 aromatic rings. The van der Waals surface area contributed by atoms with Crippen molar-refractivity contribution in [1.82, 2.24) is 5.32 Å². The zero-order valence-electron chi connectivity index (χ0n) is 8.31. The van der Waals surface area contributed by atoms with Crippen LogP contribution in [0.15, 0.2) is 0 Å². The molecule has 1 N–H and O–H groups in total. The van der Waals surface area contributed by atoms with Gasteiger partial charge in [-0.25, -0.2) is 0 Å². The van der Waals surface area contributed by atoms with Crippen molar-refractivity contribution >= 4 is 0 Å². The molecular weight excluding hydrogens is 150 g/mol. The quantitative estimate of drug-likeness (QED) is 0.635. The van der Waals surface area contributed by atoms with Crippen molar-refractivity contribution < 1.29 is 4.74 Å². The molecule has 0 saturated carbocycles. The molecule has 72 valence electrons. The van der Waals surface area contributed by atoms with Gasteiger partial charge in [0.15, 0.2) is 0 Å². The Morgan fingerprint density at radius 1 is 1.50 bits per heavy atom. The predicted octanol–water partition coefficient (Wildman–Crippen LogP) is 1.66. The molecule has 1 aliphatic rings. The second-order valence-corrected chi connectivity index (χ2v) is 4.12. The summed E-state index contributed by atoms with van der Waals surface area (Å²) in [7, 11) is 0. The van der Waals surface area contributed by atoms with Crippen LogP contribution in [0.3, 0.4) is 0 Å². The Morgan fingerprint density at radius 2 is 2.33 bits per heavy atom. The Hall–Kier alpha value is -0.0800. The molecule has 1 fully saturated rings. The Bertz CT molecular complexity index is 108. The summed E-state index contributed by atoms with van der Waals surface area (Å²) >= 11 is 0. The van der Waals surface area contributed by atoms with Crippen LogP contribution in [0.2, 0.25) is 0 Å². The third-order valence-electron chi connectivity index (χ3n) is 2.31. The summed E-state index contributed by atoms with van der Waals surface area (Å²) < 4.78 is 5.31. The summed E-state index contributed by atoms with van der Waals surface area (Å²) in [5.41, 5.74) is 0. The molecule has 0 aromatic carbocycles. The van der Waals surface area contributed by atoms with Gasteiger partial charge in [-0.3, -0.25) is 0 Å². The highest BCUT2D eigenvalue weighted by molar-refractivity contribution is 4.65. The van der Waals surface area contributed by atoms with E-state index in [9.17, 15) is 0 Å². The van der Waals surface area contributed by atoms with Crippen LogP contribution in [-0.4, -0.2) is 26.3 Å². The first kappa shape index (κ1) is 10.0. The summed E-state index contributed by atoms with van der Waals surface area (Å²) in [6.07, 6.45) is 2.55. The van der Waals surface area contributed by atoms with E-state index < -0.39 is 0 Å². The molecule has 0 bridgehead atoms. The van der Waals surface area contributed by atoms with Crippen LogP contribution < -0.4 is 5.32 Å². The third-order valence-corrected chi connectivity index (χ3v) is 2.31. The molecule has 1 atom stereocenters. The van der Waals surface area contributed by atoms with Crippen LogP contribution in [0, 0.1) is 11.8 Å². The molecule has 0 spiro atoms. The first-order valence-electron chi connectivity index (χ1n) is 5.07. The fraction of sp³-hybridized carbons (Fsp3) is 1.00. The second-order valence-electron chi connectivity index (χ2n) is 4.12. The normalized spacial score (nSPS) is 23.8. The highest BCUT2D eigenvalue weighted by Crippen LogP contribution is 2.14. The van der Waals surface area contributed by atoms with Gasteiger partial charge in [-0.2, -0.15) is 0 Å². The fourth-order valence-corrected chi connectivity index (χ4v) is 1.51. The second kappa shape index (κ2) is 5.55. The maximum Gasteiger partial charge on any atom is 0.0495 e. The Morgan fingerprint density at radius 3 is 2.92 bits per heavy atom. The van der Waals surface area contributed by atoms with Gasteiger partial charge in [0.05, 0.1) is 0 Å². The van der Waals surface area contributed by atoms with Gasteiger partial charge in [0.1, 0.15) is 0 Å². The molecule has 1 saturated heterocycles. The van der Waals surface area contributed by atoms with Gasteiger partial charge in [-0.1, -0.05) is 13.8 Å². The van der Waals surface area contributed by atoms with Crippen molar-refractivity contribution in [2.24, 2.45) is 11.8 Å². The standard InChI is InChI=1S/C10H21NO/c1-9(2)7-11-5-3-10-4-6-12-8-10/h9-11H,3-8H2,1-2H3. The molecule has 1 rings (SSSR count). The number of rotatable bonds is 5. The van der Waals surface area contributed by atoms with Crippen LogP contribution in [0.4, 0.5) is 0 Å². The van der Waals surface area contributed by atoms with Gasteiger partial charge in [0.2, 0.25) is 0 Å². The van der Waals surface area contributed by atoms with E-state index in [1.807, 2.05) is 0 Å². The summed E-state index contributed by atoms with van der Waals surface area (Å²) in [5.74, 6) is 1.59. The van der Waals surface area contributed by atoms with E-state index in [4.69, 9.17) is 4.74 Å². The first-order chi connectivity index (χ1) is 5.79. The molecule has 0 radical (unpaired) electrons. The van der Waals surface area contributed by atoms with E-state index in [0.29, 0.717) is 0 Å². The first-order valence-corrected chi connectivity index (χ1v) is 5.07. The van der Waals surface area contributed by atoms with Crippen molar-refractivity contribution in [2.75, 3.05) is 26.3 Å². The lowest BCUT2D eigenvalue weighted by Crippen LogP contribution is -2.22. The highest BCUT2D eigenvalue weighted by Gasteiger charge is 2.14. The van der Waals surface area contributed by atoms with E-state index in [2.05, 4.69) is 19.2 Å². The van der Waals surface area contributed by atoms with Crippen molar-refractivity contribution in [3.05, 3.63) is 0 Å². The third kappa shape index (κ3) is 4.07. The summed E-state index contributed by atoms with van der Waals surface area (Å²) in [5, 5.41) is 3.46. The van der Waals surface area contributed by atoms with Crippen LogP contribution in [0.5, 0.6) is 0 Å². The van der Waals surface area contributed by atoms with Crippen molar-refractivity contribution in [3.63, 3.8) is 0 Å². The molecule has 2 heteroatoms. The van der Waals surface area contributed by atoms with Crippen molar-refractivity contribution in [1.29, 1.82) is 0 Å². The SMILES string of the molecule is CC(C)CNCCC1CCOC1. The topological polar surface area (TPSA) is 21.3 Å². The fourth-order valence-electron chi connectivity index (χ4n) is 1.51. The summed E-state index contributed by atoms with van der Waals surface area (Å²) in [4.78, 5) is 0. The van der Waals surface area contributed by atoms with Crippen LogP contribution >= 0.6 is 0 Å². The smallest absolute Gasteiger partial charge is 0.0495 e. The van der Waals surface area contributed by atoms with E-state index in [0.717, 1.165) is 38.1 Å². The average molecular weight is 171 g/mol.